The van der Waals surface area contributed by atoms with E-state index in [1.165, 1.54) is 11.8 Å². The van der Waals surface area contributed by atoms with Crippen LogP contribution in [0.5, 0.6) is 0 Å². The summed E-state index contributed by atoms with van der Waals surface area (Å²) in [4.78, 5) is 12.5. The molecule has 0 radical (unpaired) electrons. The number of anilines is 1. The van der Waals surface area contributed by atoms with Gasteiger partial charge in [0.2, 0.25) is 5.91 Å². The molecular formula is C20H18ClN5OS. The zero-order valence-electron chi connectivity index (χ0n) is 15.4. The van der Waals surface area contributed by atoms with Crippen molar-refractivity contribution in [1.82, 2.24) is 14.8 Å². The molecular weight excluding hydrogens is 394 g/mol. The molecule has 3 rings (SSSR count). The van der Waals surface area contributed by atoms with E-state index in [9.17, 15) is 4.79 Å². The third-order valence-corrected chi connectivity index (χ3v) is 5.40. The highest BCUT2D eigenvalue weighted by atomic mass is 35.5. The first-order chi connectivity index (χ1) is 13.5. The molecule has 8 heteroatoms. The van der Waals surface area contributed by atoms with Crippen molar-refractivity contribution in [3.8, 4) is 17.5 Å². The normalized spacial score (nSPS) is 11.6. The molecule has 1 N–H and O–H groups in total. The number of hydrogen-bond acceptors (Lipinski definition) is 5. The Kier molecular flexibility index (Phi) is 6.34. The molecule has 0 saturated heterocycles. The summed E-state index contributed by atoms with van der Waals surface area (Å²) in [5.74, 6) is 0.592. The van der Waals surface area contributed by atoms with Gasteiger partial charge in [0.15, 0.2) is 11.0 Å². The van der Waals surface area contributed by atoms with E-state index in [1.807, 2.05) is 42.7 Å². The Balaban J connectivity index is 1.72. The van der Waals surface area contributed by atoms with E-state index in [0.717, 1.165) is 11.4 Å². The molecule has 1 aromatic heterocycles. The summed E-state index contributed by atoms with van der Waals surface area (Å²) in [5.41, 5.74) is 2.11. The van der Waals surface area contributed by atoms with Crippen molar-refractivity contribution in [3.63, 3.8) is 0 Å². The Morgan fingerprint density at radius 1 is 1.21 bits per heavy atom. The van der Waals surface area contributed by atoms with Gasteiger partial charge in [0, 0.05) is 22.8 Å². The first-order valence-corrected chi connectivity index (χ1v) is 9.94. The van der Waals surface area contributed by atoms with Crippen LogP contribution < -0.4 is 5.32 Å². The fourth-order valence-corrected chi connectivity index (χ4v) is 3.60. The number of rotatable bonds is 6. The fraction of sp³-hybridized carbons (Fsp3) is 0.200. The van der Waals surface area contributed by atoms with Gasteiger partial charge >= 0.3 is 0 Å². The van der Waals surface area contributed by atoms with Crippen LogP contribution in [0.4, 0.5) is 5.69 Å². The van der Waals surface area contributed by atoms with Crippen LogP contribution in [0.25, 0.3) is 11.4 Å². The van der Waals surface area contributed by atoms with Crippen LogP contribution in [0.15, 0.2) is 53.7 Å². The van der Waals surface area contributed by atoms with E-state index in [-0.39, 0.29) is 11.2 Å². The molecule has 0 fully saturated rings. The summed E-state index contributed by atoms with van der Waals surface area (Å²) < 4.78 is 1.97. The Labute approximate surface area is 172 Å². The number of amides is 1. The average molecular weight is 412 g/mol. The molecule has 0 saturated carbocycles. The van der Waals surface area contributed by atoms with Gasteiger partial charge in [0.25, 0.3) is 0 Å². The maximum Gasteiger partial charge on any atom is 0.237 e. The van der Waals surface area contributed by atoms with Crippen LogP contribution >= 0.6 is 23.4 Å². The minimum absolute atomic E-state index is 0.145. The van der Waals surface area contributed by atoms with Gasteiger partial charge in [0.1, 0.15) is 0 Å². The molecule has 1 atom stereocenters. The fourth-order valence-electron chi connectivity index (χ4n) is 2.56. The predicted octanol–water partition coefficient (Wildman–Crippen LogP) is 4.61. The van der Waals surface area contributed by atoms with Crippen LogP contribution in [-0.4, -0.2) is 25.9 Å². The lowest BCUT2D eigenvalue weighted by Gasteiger charge is -2.13. The van der Waals surface area contributed by atoms with Gasteiger partial charge in [0.05, 0.1) is 16.9 Å². The highest BCUT2D eigenvalue weighted by Crippen LogP contribution is 2.28. The lowest BCUT2D eigenvalue weighted by atomic mass is 10.2. The number of nitrogens with one attached hydrogen (secondary N) is 1. The summed E-state index contributed by atoms with van der Waals surface area (Å²) in [5, 5.41) is 21.2. The second kappa shape index (κ2) is 8.91. The molecule has 28 heavy (non-hydrogen) atoms. The molecule has 142 valence electrons. The maximum atomic E-state index is 12.5. The van der Waals surface area contributed by atoms with Crippen molar-refractivity contribution in [3.05, 3.63) is 59.1 Å². The monoisotopic (exact) mass is 411 g/mol. The summed E-state index contributed by atoms with van der Waals surface area (Å²) in [6.07, 6.45) is 0. The van der Waals surface area contributed by atoms with Crippen LogP contribution in [-0.2, 0) is 11.3 Å². The molecule has 0 aliphatic heterocycles. The number of halogens is 1. The topological polar surface area (TPSA) is 83.6 Å². The second-order valence-electron chi connectivity index (χ2n) is 6.00. The number of carbonyl (C=O) groups excluding carboxylic acids is 1. The lowest BCUT2D eigenvalue weighted by molar-refractivity contribution is -0.115. The van der Waals surface area contributed by atoms with Gasteiger partial charge < -0.3 is 9.88 Å². The first-order valence-electron chi connectivity index (χ1n) is 8.68. The summed E-state index contributed by atoms with van der Waals surface area (Å²) in [6.45, 7) is 4.51. The van der Waals surface area contributed by atoms with Crippen molar-refractivity contribution < 1.29 is 4.79 Å². The number of carbonyl (C=O) groups is 1. The molecule has 3 aromatic rings. The Morgan fingerprint density at radius 2 is 1.89 bits per heavy atom. The van der Waals surface area contributed by atoms with Gasteiger partial charge in [-0.1, -0.05) is 23.4 Å². The third kappa shape index (κ3) is 4.53. The third-order valence-electron chi connectivity index (χ3n) is 4.07. The highest BCUT2D eigenvalue weighted by molar-refractivity contribution is 8.00. The second-order valence-corrected chi connectivity index (χ2v) is 7.74. The van der Waals surface area contributed by atoms with Crippen LogP contribution in [0.2, 0.25) is 5.02 Å². The Hall–Kier alpha value is -2.82. The molecule has 0 spiro atoms. The zero-order valence-corrected chi connectivity index (χ0v) is 17.0. The minimum Gasteiger partial charge on any atom is -0.325 e. The molecule has 6 nitrogen and oxygen atoms in total. The van der Waals surface area contributed by atoms with E-state index in [2.05, 4.69) is 21.6 Å². The number of benzene rings is 2. The smallest absolute Gasteiger partial charge is 0.237 e. The van der Waals surface area contributed by atoms with Crippen molar-refractivity contribution in [2.45, 2.75) is 30.8 Å². The molecule has 0 aliphatic carbocycles. The van der Waals surface area contributed by atoms with E-state index < -0.39 is 0 Å². The van der Waals surface area contributed by atoms with Gasteiger partial charge in [-0.2, -0.15) is 5.26 Å². The first kappa shape index (κ1) is 19.9. The summed E-state index contributed by atoms with van der Waals surface area (Å²) >= 11 is 7.31. The molecule has 0 bridgehead atoms. The largest absolute Gasteiger partial charge is 0.325 e. The number of hydrogen-bond donors (Lipinski definition) is 1. The van der Waals surface area contributed by atoms with Crippen molar-refractivity contribution >= 4 is 35.0 Å². The van der Waals surface area contributed by atoms with E-state index in [4.69, 9.17) is 16.9 Å². The van der Waals surface area contributed by atoms with Crippen molar-refractivity contribution in [1.29, 1.82) is 5.26 Å². The molecule has 0 aliphatic rings. The molecule has 1 amide bonds. The average Bonchev–Trinajstić information content (AvgIpc) is 3.11. The summed E-state index contributed by atoms with van der Waals surface area (Å²) in [6, 6.07) is 16.2. The number of thioether (sulfide) groups is 1. The molecule has 1 heterocycles. The van der Waals surface area contributed by atoms with Crippen LogP contribution in [0, 0.1) is 11.3 Å². The predicted molar refractivity (Wildman–Crippen MR) is 111 cm³/mol. The minimum atomic E-state index is -0.372. The van der Waals surface area contributed by atoms with Crippen molar-refractivity contribution in [2.75, 3.05) is 5.32 Å². The SMILES string of the molecule is CCn1c(S[C@H](C)C(=O)Nc2ccc(C#N)cc2)nnc1-c1ccc(Cl)cc1. The van der Waals surface area contributed by atoms with Crippen molar-refractivity contribution in [2.24, 2.45) is 0 Å². The van der Waals surface area contributed by atoms with E-state index >= 15 is 0 Å². The lowest BCUT2D eigenvalue weighted by Crippen LogP contribution is -2.22. The summed E-state index contributed by atoms with van der Waals surface area (Å²) in [7, 11) is 0. The van der Waals surface area contributed by atoms with Gasteiger partial charge in [-0.05, 0) is 62.4 Å². The van der Waals surface area contributed by atoms with Gasteiger partial charge in [-0.15, -0.1) is 10.2 Å². The Bertz CT molecular complexity index is 1010. The molecule has 2 aromatic carbocycles. The standard InChI is InChI=1S/C20H18ClN5OS/c1-3-26-18(15-6-8-16(21)9-7-15)24-25-20(26)28-13(2)19(27)23-17-10-4-14(12-22)5-11-17/h4-11,13H,3H2,1-2H3,(H,23,27)/t13-/m1/s1. The van der Waals surface area contributed by atoms with Crippen LogP contribution in [0.3, 0.4) is 0 Å². The van der Waals surface area contributed by atoms with E-state index in [0.29, 0.717) is 28.0 Å². The quantitative estimate of drug-likeness (QED) is 0.599. The zero-order chi connectivity index (χ0) is 20.1. The van der Waals surface area contributed by atoms with Gasteiger partial charge in [-0.3, -0.25) is 4.79 Å². The van der Waals surface area contributed by atoms with E-state index in [1.54, 1.807) is 24.3 Å². The van der Waals surface area contributed by atoms with Gasteiger partial charge in [-0.25, -0.2) is 0 Å². The Morgan fingerprint density at radius 3 is 2.50 bits per heavy atom. The number of nitriles is 1. The van der Waals surface area contributed by atoms with Crippen LogP contribution in [0.1, 0.15) is 19.4 Å². The number of nitrogens with zero attached hydrogens (tertiary/aromatic N) is 4. The molecule has 0 unspecified atom stereocenters. The maximum absolute atomic E-state index is 12.5. The number of aromatic nitrogens is 3. The highest BCUT2D eigenvalue weighted by Gasteiger charge is 2.20.